The number of carboxylic acids is 1. The van der Waals surface area contributed by atoms with Crippen molar-refractivity contribution in [3.05, 3.63) is 24.5 Å². The number of nitrogens with one attached hydrogen (secondary N) is 1. The van der Waals surface area contributed by atoms with E-state index < -0.39 is 5.97 Å². The monoisotopic (exact) mass is 145 g/mol. The second-order valence-corrected chi connectivity index (χ2v) is 1.40. The lowest BCUT2D eigenvalue weighted by atomic mass is 10.7. The van der Waals surface area contributed by atoms with Crippen LogP contribution in [0.25, 0.3) is 0 Å². The lowest BCUT2D eigenvalue weighted by Gasteiger charge is -1.59. The van der Waals surface area contributed by atoms with Gasteiger partial charge in [0.1, 0.15) is 0 Å². The van der Waals surface area contributed by atoms with Gasteiger partial charge in [-0.25, -0.2) is 0 Å². The molecule has 0 aromatic carbocycles. The van der Waals surface area contributed by atoms with Gasteiger partial charge in [-0.2, -0.15) is 0 Å². The van der Waals surface area contributed by atoms with Crippen molar-refractivity contribution in [2.75, 3.05) is 0 Å². The van der Waals surface area contributed by atoms with Crippen molar-refractivity contribution < 1.29 is 15.4 Å². The first-order valence-electron chi connectivity index (χ1n) is 2.51. The summed E-state index contributed by atoms with van der Waals surface area (Å²) in [6.45, 7) is 1.08. The van der Waals surface area contributed by atoms with E-state index in [1.807, 2.05) is 24.5 Å². The Balaban J connectivity index is 0. The molecule has 0 spiro atoms. The van der Waals surface area contributed by atoms with Crippen LogP contribution in [0.3, 0.4) is 0 Å². The molecule has 1 aromatic rings. The number of carbonyl (C=O) groups is 1. The normalized spacial score (nSPS) is 6.50. The van der Waals surface area contributed by atoms with Gasteiger partial charge in [0.05, 0.1) is 0 Å². The van der Waals surface area contributed by atoms with E-state index in [0.717, 1.165) is 6.92 Å². The molecule has 0 radical (unpaired) electrons. The number of aromatic amines is 1. The number of rotatable bonds is 0. The summed E-state index contributed by atoms with van der Waals surface area (Å²) in [6.07, 6.45) is 3.75. The summed E-state index contributed by atoms with van der Waals surface area (Å²) in [7, 11) is 0. The van der Waals surface area contributed by atoms with Gasteiger partial charge in [-0.3, -0.25) is 4.79 Å². The lowest BCUT2D eigenvalue weighted by molar-refractivity contribution is -0.134. The molecule has 1 rings (SSSR count). The van der Waals surface area contributed by atoms with Crippen molar-refractivity contribution in [1.29, 1.82) is 0 Å². The third-order valence-corrected chi connectivity index (χ3v) is 0.496. The second kappa shape index (κ2) is 7.71. The Morgan fingerprint density at radius 1 is 1.40 bits per heavy atom. The number of aliphatic carboxylic acids is 1. The first-order valence-corrected chi connectivity index (χ1v) is 2.51. The van der Waals surface area contributed by atoms with Gasteiger partial charge in [0, 0.05) is 19.3 Å². The number of carboxylic acid groups (broad SMARTS) is 1. The molecule has 1 heterocycles. The molecular weight excluding hydrogens is 134 g/mol. The summed E-state index contributed by atoms with van der Waals surface area (Å²) in [5, 5.41) is 7.42. The van der Waals surface area contributed by atoms with Gasteiger partial charge in [-0.1, -0.05) is 0 Å². The molecule has 0 aliphatic carbocycles. The Hall–Kier alpha value is -1.29. The Bertz CT molecular complexity index is 127. The molecule has 0 bridgehead atoms. The molecule has 0 fully saturated rings. The average Bonchev–Trinajstić information content (AvgIpc) is 2.11. The third-order valence-electron chi connectivity index (χ3n) is 0.496. The molecule has 0 unspecified atom stereocenters. The summed E-state index contributed by atoms with van der Waals surface area (Å²) in [4.78, 5) is 11.9. The predicted molar refractivity (Wildman–Crippen MR) is 37.7 cm³/mol. The minimum atomic E-state index is -0.833. The van der Waals surface area contributed by atoms with Gasteiger partial charge in [0.15, 0.2) is 0 Å². The van der Waals surface area contributed by atoms with E-state index in [0.29, 0.717) is 0 Å². The number of H-pyrrole nitrogens is 1. The molecule has 0 aliphatic rings. The van der Waals surface area contributed by atoms with Crippen LogP contribution in [0.15, 0.2) is 24.5 Å². The molecule has 10 heavy (non-hydrogen) atoms. The summed E-state index contributed by atoms with van der Waals surface area (Å²) in [5.74, 6) is -0.833. The van der Waals surface area contributed by atoms with Crippen molar-refractivity contribution in [2.45, 2.75) is 6.92 Å². The standard InChI is InChI=1S/C4H5N.C2H4O2.H2O/c1-2-4-5-3-1;1-2(3)4;/h1-5H;1H3,(H,3,4);1H2. The van der Waals surface area contributed by atoms with Gasteiger partial charge >= 0.3 is 0 Å². The van der Waals surface area contributed by atoms with Gasteiger partial charge in [-0.05, 0) is 12.1 Å². The molecule has 4 N–H and O–H groups in total. The van der Waals surface area contributed by atoms with Crippen molar-refractivity contribution in [1.82, 2.24) is 4.98 Å². The van der Waals surface area contributed by atoms with E-state index in [-0.39, 0.29) is 5.48 Å². The van der Waals surface area contributed by atoms with Crippen molar-refractivity contribution >= 4 is 5.97 Å². The van der Waals surface area contributed by atoms with E-state index in [1.165, 1.54) is 0 Å². The fourth-order valence-electron chi connectivity index (χ4n) is 0.278. The SMILES string of the molecule is CC(=O)O.O.c1cc[nH]c1. The minimum absolute atomic E-state index is 0. The minimum Gasteiger partial charge on any atom is -0.481 e. The highest BCUT2D eigenvalue weighted by Gasteiger charge is 1.65. The first-order chi connectivity index (χ1) is 4.23. The highest BCUT2D eigenvalue weighted by Crippen LogP contribution is 1.72. The van der Waals surface area contributed by atoms with Crippen LogP contribution in [0.2, 0.25) is 0 Å². The van der Waals surface area contributed by atoms with Crippen LogP contribution in [0.5, 0.6) is 0 Å². The van der Waals surface area contributed by atoms with Crippen LogP contribution in [-0.4, -0.2) is 21.5 Å². The van der Waals surface area contributed by atoms with Crippen LogP contribution in [0.4, 0.5) is 0 Å². The van der Waals surface area contributed by atoms with Crippen LogP contribution >= 0.6 is 0 Å². The number of aromatic nitrogens is 1. The summed E-state index contributed by atoms with van der Waals surface area (Å²) >= 11 is 0. The fourth-order valence-corrected chi connectivity index (χ4v) is 0.278. The lowest BCUT2D eigenvalue weighted by Crippen LogP contribution is -1.78. The summed E-state index contributed by atoms with van der Waals surface area (Å²) in [6, 6.07) is 3.89. The van der Waals surface area contributed by atoms with Crippen molar-refractivity contribution in [3.8, 4) is 0 Å². The first kappa shape index (κ1) is 11.5. The number of hydrogen-bond acceptors (Lipinski definition) is 1. The molecule has 4 nitrogen and oxygen atoms in total. The topological polar surface area (TPSA) is 84.6 Å². The molecule has 58 valence electrons. The highest BCUT2D eigenvalue weighted by atomic mass is 16.4. The van der Waals surface area contributed by atoms with Gasteiger partial charge in [0.25, 0.3) is 5.97 Å². The Kier molecular flexibility index (Phi) is 8.87. The van der Waals surface area contributed by atoms with E-state index in [1.54, 1.807) is 0 Å². The largest absolute Gasteiger partial charge is 0.481 e. The molecule has 0 aliphatic heterocycles. The van der Waals surface area contributed by atoms with Crippen molar-refractivity contribution in [3.63, 3.8) is 0 Å². The van der Waals surface area contributed by atoms with E-state index >= 15 is 0 Å². The molecule has 0 atom stereocenters. The van der Waals surface area contributed by atoms with Gasteiger partial charge in [0.2, 0.25) is 0 Å². The van der Waals surface area contributed by atoms with Crippen LogP contribution in [0, 0.1) is 0 Å². The van der Waals surface area contributed by atoms with Crippen LogP contribution in [0.1, 0.15) is 6.92 Å². The Morgan fingerprint density at radius 3 is 1.80 bits per heavy atom. The maximum absolute atomic E-state index is 9.00. The zero-order valence-electron chi connectivity index (χ0n) is 5.66. The third kappa shape index (κ3) is 15.9. The second-order valence-electron chi connectivity index (χ2n) is 1.40. The highest BCUT2D eigenvalue weighted by molar-refractivity contribution is 5.62. The Morgan fingerprint density at radius 2 is 1.70 bits per heavy atom. The quantitative estimate of drug-likeness (QED) is 0.549. The summed E-state index contributed by atoms with van der Waals surface area (Å²) in [5.41, 5.74) is 0. The zero-order chi connectivity index (χ0) is 7.11. The number of hydrogen-bond donors (Lipinski definition) is 2. The maximum Gasteiger partial charge on any atom is 0.300 e. The van der Waals surface area contributed by atoms with E-state index in [4.69, 9.17) is 9.90 Å². The molecule has 0 saturated heterocycles. The Labute approximate surface area is 58.8 Å². The zero-order valence-corrected chi connectivity index (χ0v) is 5.66. The van der Waals surface area contributed by atoms with Crippen molar-refractivity contribution in [2.24, 2.45) is 0 Å². The molecule has 0 amide bonds. The van der Waals surface area contributed by atoms with E-state index in [2.05, 4.69) is 4.98 Å². The molecular formula is C6H11NO3. The van der Waals surface area contributed by atoms with Crippen LogP contribution in [-0.2, 0) is 4.79 Å². The van der Waals surface area contributed by atoms with Crippen LogP contribution < -0.4 is 0 Å². The molecule has 0 saturated carbocycles. The predicted octanol–water partition coefficient (Wildman–Crippen LogP) is 0.281. The van der Waals surface area contributed by atoms with Gasteiger partial charge < -0.3 is 15.6 Å². The molecule has 1 aromatic heterocycles. The van der Waals surface area contributed by atoms with E-state index in [9.17, 15) is 0 Å². The maximum atomic E-state index is 9.00. The summed E-state index contributed by atoms with van der Waals surface area (Å²) < 4.78 is 0. The smallest absolute Gasteiger partial charge is 0.300 e. The van der Waals surface area contributed by atoms with Gasteiger partial charge in [-0.15, -0.1) is 0 Å². The fraction of sp³-hybridized carbons (Fsp3) is 0.167. The molecule has 4 heteroatoms. The average molecular weight is 145 g/mol.